The molecule has 1 rings (SSSR count). The van der Waals surface area contributed by atoms with E-state index in [1.54, 1.807) is 11.9 Å². The molecule has 18 heavy (non-hydrogen) atoms. The molecule has 0 aromatic rings. The number of likely N-dealkylation sites (tertiary alicyclic amines) is 1. The van der Waals surface area contributed by atoms with E-state index >= 15 is 0 Å². The Morgan fingerprint density at radius 3 is 2.44 bits per heavy atom. The van der Waals surface area contributed by atoms with Crippen molar-refractivity contribution in [3.8, 4) is 0 Å². The first kappa shape index (κ1) is 14.9. The minimum Gasteiger partial charge on any atom is -0.467 e. The van der Waals surface area contributed by atoms with Gasteiger partial charge in [0.15, 0.2) is 5.60 Å². The highest BCUT2D eigenvalue weighted by molar-refractivity contribution is 5.80. The summed E-state index contributed by atoms with van der Waals surface area (Å²) in [5.41, 5.74) is -1.59. The maximum atomic E-state index is 11.9. The highest BCUT2D eigenvalue weighted by atomic mass is 16.5. The molecule has 0 radical (unpaired) electrons. The first-order valence-corrected chi connectivity index (χ1v) is 6.14. The van der Waals surface area contributed by atoms with Crippen molar-refractivity contribution in [2.45, 2.75) is 25.4 Å². The van der Waals surface area contributed by atoms with Crippen molar-refractivity contribution in [1.82, 2.24) is 9.80 Å². The van der Waals surface area contributed by atoms with Crippen LogP contribution >= 0.6 is 0 Å². The number of rotatable bonds is 5. The van der Waals surface area contributed by atoms with E-state index in [9.17, 15) is 14.7 Å². The summed E-state index contributed by atoms with van der Waals surface area (Å²) in [6.45, 7) is 3.27. The lowest BCUT2D eigenvalue weighted by atomic mass is 10.1. The van der Waals surface area contributed by atoms with Crippen LogP contribution in [-0.4, -0.2) is 72.7 Å². The largest absolute Gasteiger partial charge is 0.467 e. The Hall–Kier alpha value is -1.14. The molecule has 0 saturated carbocycles. The molecule has 0 aromatic carbocycles. The van der Waals surface area contributed by atoms with Gasteiger partial charge in [0.2, 0.25) is 5.91 Å². The standard InChI is InChI=1S/C12H22N2O4/c1-12(17,11(16)18-3)9-13(2)8-10(15)14-6-4-5-7-14/h17H,4-9H2,1-3H3. The lowest BCUT2D eigenvalue weighted by molar-refractivity contribution is -0.162. The van der Waals surface area contributed by atoms with E-state index < -0.39 is 11.6 Å². The van der Waals surface area contributed by atoms with Crippen LogP contribution in [0.1, 0.15) is 19.8 Å². The number of carbonyl (C=O) groups is 2. The van der Waals surface area contributed by atoms with Crippen LogP contribution < -0.4 is 0 Å². The Balaban J connectivity index is 2.43. The van der Waals surface area contributed by atoms with E-state index in [-0.39, 0.29) is 19.0 Å². The molecule has 1 fully saturated rings. The highest BCUT2D eigenvalue weighted by Gasteiger charge is 2.33. The van der Waals surface area contributed by atoms with Crippen molar-refractivity contribution in [3.05, 3.63) is 0 Å². The van der Waals surface area contributed by atoms with E-state index in [1.807, 2.05) is 4.90 Å². The van der Waals surface area contributed by atoms with Crippen molar-refractivity contribution in [2.24, 2.45) is 0 Å². The quantitative estimate of drug-likeness (QED) is 0.671. The number of amides is 1. The molecule has 6 nitrogen and oxygen atoms in total. The molecular formula is C12H22N2O4. The number of hydrogen-bond donors (Lipinski definition) is 1. The summed E-state index contributed by atoms with van der Waals surface area (Å²) in [5.74, 6) is -0.654. The molecule has 1 saturated heterocycles. The number of methoxy groups -OCH3 is 1. The van der Waals surface area contributed by atoms with Gasteiger partial charge < -0.3 is 14.7 Å². The summed E-state index contributed by atoms with van der Waals surface area (Å²) in [4.78, 5) is 26.6. The Labute approximate surface area is 107 Å². The van der Waals surface area contributed by atoms with Gasteiger partial charge in [0.05, 0.1) is 13.7 Å². The molecule has 1 unspecified atom stereocenters. The van der Waals surface area contributed by atoms with Crippen molar-refractivity contribution < 1.29 is 19.4 Å². The third-order valence-corrected chi connectivity index (χ3v) is 3.07. The topological polar surface area (TPSA) is 70.1 Å². The molecule has 1 aliphatic heterocycles. The SMILES string of the molecule is COC(=O)C(C)(O)CN(C)CC(=O)N1CCCC1. The first-order chi connectivity index (χ1) is 8.36. The van der Waals surface area contributed by atoms with Gasteiger partial charge in [0.1, 0.15) is 0 Å². The fraction of sp³-hybridized carbons (Fsp3) is 0.833. The second kappa shape index (κ2) is 6.15. The molecule has 0 spiro atoms. The molecule has 1 N–H and O–H groups in total. The van der Waals surface area contributed by atoms with Crippen LogP contribution in [0.5, 0.6) is 0 Å². The van der Waals surface area contributed by atoms with E-state index in [4.69, 9.17) is 0 Å². The number of nitrogens with zero attached hydrogens (tertiary/aromatic N) is 2. The van der Waals surface area contributed by atoms with Crippen LogP contribution in [-0.2, 0) is 14.3 Å². The Bertz CT molecular complexity index is 311. The predicted octanol–water partition coefficient (Wildman–Crippen LogP) is -0.535. The second-order valence-corrected chi connectivity index (χ2v) is 5.03. The Kier molecular flexibility index (Phi) is 5.10. The normalized spacial score (nSPS) is 18.8. The fourth-order valence-corrected chi connectivity index (χ4v) is 2.16. The molecule has 104 valence electrons. The molecule has 6 heteroatoms. The van der Waals surface area contributed by atoms with Gasteiger partial charge in [-0.3, -0.25) is 9.69 Å². The van der Waals surface area contributed by atoms with Crippen LogP contribution in [0, 0.1) is 0 Å². The Morgan fingerprint density at radius 1 is 1.39 bits per heavy atom. The molecule has 1 aliphatic rings. The van der Waals surface area contributed by atoms with Gasteiger partial charge in [-0.15, -0.1) is 0 Å². The smallest absolute Gasteiger partial charge is 0.338 e. The zero-order valence-corrected chi connectivity index (χ0v) is 11.3. The summed E-state index contributed by atoms with van der Waals surface area (Å²) >= 11 is 0. The van der Waals surface area contributed by atoms with Crippen molar-refractivity contribution in [3.63, 3.8) is 0 Å². The minimum atomic E-state index is -1.59. The molecule has 1 heterocycles. The fourth-order valence-electron chi connectivity index (χ4n) is 2.16. The molecule has 1 amide bonds. The van der Waals surface area contributed by atoms with Crippen molar-refractivity contribution >= 4 is 11.9 Å². The lowest BCUT2D eigenvalue weighted by Crippen LogP contribution is -2.48. The summed E-state index contributed by atoms with van der Waals surface area (Å²) in [5, 5.41) is 9.89. The zero-order valence-electron chi connectivity index (χ0n) is 11.3. The van der Waals surface area contributed by atoms with Gasteiger partial charge in [-0.2, -0.15) is 0 Å². The summed E-state index contributed by atoms with van der Waals surface area (Å²) in [6, 6.07) is 0. The van der Waals surface area contributed by atoms with Crippen molar-refractivity contribution in [1.29, 1.82) is 0 Å². The monoisotopic (exact) mass is 258 g/mol. The zero-order chi connectivity index (χ0) is 13.8. The first-order valence-electron chi connectivity index (χ1n) is 6.14. The van der Waals surface area contributed by atoms with Crippen LogP contribution in [0.4, 0.5) is 0 Å². The second-order valence-electron chi connectivity index (χ2n) is 5.03. The van der Waals surface area contributed by atoms with Gasteiger partial charge in [0.25, 0.3) is 0 Å². The van der Waals surface area contributed by atoms with Gasteiger partial charge in [-0.1, -0.05) is 0 Å². The average Bonchev–Trinajstić information content (AvgIpc) is 2.80. The van der Waals surface area contributed by atoms with Gasteiger partial charge in [-0.05, 0) is 26.8 Å². The number of aliphatic hydroxyl groups is 1. The van der Waals surface area contributed by atoms with E-state index in [0.717, 1.165) is 25.9 Å². The molecule has 1 atom stereocenters. The molecule has 0 bridgehead atoms. The van der Waals surface area contributed by atoms with Gasteiger partial charge in [0, 0.05) is 19.6 Å². The predicted molar refractivity (Wildman–Crippen MR) is 66.0 cm³/mol. The molecular weight excluding hydrogens is 236 g/mol. The minimum absolute atomic E-state index is 0.0377. The van der Waals surface area contributed by atoms with Gasteiger partial charge in [-0.25, -0.2) is 4.79 Å². The summed E-state index contributed by atoms with van der Waals surface area (Å²) in [6.07, 6.45) is 2.10. The third kappa shape index (κ3) is 3.96. The number of hydrogen-bond acceptors (Lipinski definition) is 5. The van der Waals surface area contributed by atoms with E-state index in [1.165, 1.54) is 14.0 Å². The van der Waals surface area contributed by atoms with Crippen molar-refractivity contribution in [2.75, 3.05) is 40.3 Å². The van der Waals surface area contributed by atoms with Crippen LogP contribution in [0.2, 0.25) is 0 Å². The summed E-state index contributed by atoms with van der Waals surface area (Å²) < 4.78 is 4.51. The number of likely N-dealkylation sites (N-methyl/N-ethyl adjacent to an activating group) is 1. The molecule has 0 aromatic heterocycles. The average molecular weight is 258 g/mol. The highest BCUT2D eigenvalue weighted by Crippen LogP contribution is 2.10. The van der Waals surface area contributed by atoms with Gasteiger partial charge >= 0.3 is 5.97 Å². The number of ether oxygens (including phenoxy) is 1. The maximum Gasteiger partial charge on any atom is 0.338 e. The maximum absolute atomic E-state index is 11.9. The number of esters is 1. The lowest BCUT2D eigenvalue weighted by Gasteiger charge is -2.27. The molecule has 0 aliphatic carbocycles. The Morgan fingerprint density at radius 2 is 1.94 bits per heavy atom. The van der Waals surface area contributed by atoms with Crippen LogP contribution in [0.15, 0.2) is 0 Å². The van der Waals surface area contributed by atoms with Crippen LogP contribution in [0.25, 0.3) is 0 Å². The number of carbonyl (C=O) groups excluding carboxylic acids is 2. The van der Waals surface area contributed by atoms with E-state index in [2.05, 4.69) is 4.74 Å². The van der Waals surface area contributed by atoms with E-state index in [0.29, 0.717) is 0 Å². The third-order valence-electron chi connectivity index (χ3n) is 3.07. The summed E-state index contributed by atoms with van der Waals surface area (Å²) in [7, 11) is 2.93. The van der Waals surface area contributed by atoms with Crippen LogP contribution in [0.3, 0.4) is 0 Å².